The van der Waals surface area contributed by atoms with Crippen LogP contribution in [0.15, 0.2) is 42.7 Å². The lowest BCUT2D eigenvalue weighted by Gasteiger charge is -2.28. The van der Waals surface area contributed by atoms with Crippen LogP contribution >= 0.6 is 0 Å². The third-order valence-electron chi connectivity index (χ3n) is 4.63. The maximum atomic E-state index is 13.2. The number of fused-ring (bicyclic) bond motifs is 1. The Labute approximate surface area is 186 Å². The molecule has 2 aromatic heterocycles. The van der Waals surface area contributed by atoms with Gasteiger partial charge < -0.3 is 18.9 Å². The zero-order valence-corrected chi connectivity index (χ0v) is 19.0. The number of ether oxygens (including phenoxy) is 4. The van der Waals surface area contributed by atoms with Gasteiger partial charge in [0.05, 0.1) is 39.8 Å². The van der Waals surface area contributed by atoms with Crippen molar-refractivity contribution in [3.63, 3.8) is 0 Å². The Morgan fingerprint density at radius 2 is 1.72 bits per heavy atom. The van der Waals surface area contributed by atoms with Crippen LogP contribution in [-0.2, 0) is 16.0 Å². The highest BCUT2D eigenvalue weighted by molar-refractivity contribution is 6.01. The number of anilines is 1. The SMILES string of the molecule is COC(=O)c1cnn2ccc(N(Cc3ccc(OC)cc3)C(=O)OC(C)(C)C)c(OC)c12. The maximum Gasteiger partial charge on any atom is 0.415 e. The first-order chi connectivity index (χ1) is 15.2. The number of hydrogen-bond acceptors (Lipinski definition) is 7. The number of carbonyl (C=O) groups is 2. The van der Waals surface area contributed by atoms with Gasteiger partial charge in [-0.3, -0.25) is 4.90 Å². The summed E-state index contributed by atoms with van der Waals surface area (Å²) in [5.74, 6) is 0.442. The topological polar surface area (TPSA) is 91.6 Å². The highest BCUT2D eigenvalue weighted by atomic mass is 16.6. The second-order valence-corrected chi connectivity index (χ2v) is 7.99. The minimum absolute atomic E-state index is 0.202. The number of aromatic nitrogens is 2. The summed E-state index contributed by atoms with van der Waals surface area (Å²) in [5, 5.41) is 4.19. The second-order valence-electron chi connectivity index (χ2n) is 7.99. The zero-order chi connectivity index (χ0) is 23.5. The van der Waals surface area contributed by atoms with Crippen molar-refractivity contribution in [2.75, 3.05) is 26.2 Å². The lowest BCUT2D eigenvalue weighted by Crippen LogP contribution is -2.36. The van der Waals surface area contributed by atoms with Gasteiger partial charge in [-0.2, -0.15) is 5.10 Å². The van der Waals surface area contributed by atoms with E-state index in [1.54, 1.807) is 40.1 Å². The van der Waals surface area contributed by atoms with Crippen molar-refractivity contribution in [1.29, 1.82) is 0 Å². The molecule has 0 saturated carbocycles. The van der Waals surface area contributed by atoms with Gasteiger partial charge in [-0.05, 0) is 44.5 Å². The molecular weight excluding hydrogens is 414 g/mol. The smallest absolute Gasteiger partial charge is 0.415 e. The summed E-state index contributed by atoms with van der Waals surface area (Å²) in [5.41, 5.74) is 1.18. The van der Waals surface area contributed by atoms with E-state index in [4.69, 9.17) is 18.9 Å². The zero-order valence-electron chi connectivity index (χ0n) is 19.0. The van der Waals surface area contributed by atoms with Crippen LogP contribution in [0.4, 0.5) is 10.5 Å². The first-order valence-corrected chi connectivity index (χ1v) is 9.94. The lowest BCUT2D eigenvalue weighted by atomic mass is 10.1. The fraction of sp³-hybridized carbons (Fsp3) is 0.348. The number of methoxy groups -OCH3 is 3. The summed E-state index contributed by atoms with van der Waals surface area (Å²) in [6.45, 7) is 5.59. The number of benzene rings is 1. The summed E-state index contributed by atoms with van der Waals surface area (Å²) in [7, 11) is 4.35. The van der Waals surface area contributed by atoms with E-state index >= 15 is 0 Å². The normalized spacial score (nSPS) is 11.2. The van der Waals surface area contributed by atoms with Crippen molar-refractivity contribution in [1.82, 2.24) is 9.61 Å². The van der Waals surface area contributed by atoms with Gasteiger partial charge in [-0.25, -0.2) is 14.1 Å². The molecule has 2 heterocycles. The lowest BCUT2D eigenvalue weighted by molar-refractivity contribution is 0.0574. The van der Waals surface area contributed by atoms with Crippen molar-refractivity contribution < 1.29 is 28.5 Å². The van der Waals surface area contributed by atoms with Gasteiger partial charge in [-0.15, -0.1) is 0 Å². The first kappa shape index (κ1) is 22.9. The standard InChI is InChI=1S/C23H27N3O6/c1-23(2,3)32-22(28)25(14-15-7-9-16(29-4)10-8-15)18-11-12-26-19(20(18)30-5)17(13-24-26)21(27)31-6/h7-13H,14H2,1-6H3. The van der Waals surface area contributed by atoms with Gasteiger partial charge in [0.2, 0.25) is 0 Å². The van der Waals surface area contributed by atoms with Gasteiger partial charge >= 0.3 is 12.1 Å². The van der Waals surface area contributed by atoms with Crippen LogP contribution < -0.4 is 14.4 Å². The molecule has 9 nitrogen and oxygen atoms in total. The Balaban J connectivity index is 2.14. The molecule has 3 aromatic rings. The molecule has 1 aromatic carbocycles. The van der Waals surface area contributed by atoms with Crippen LogP contribution in [0.2, 0.25) is 0 Å². The molecule has 0 unspecified atom stereocenters. The van der Waals surface area contributed by atoms with Crippen molar-refractivity contribution in [3.8, 4) is 11.5 Å². The molecule has 0 N–H and O–H groups in total. The van der Waals surface area contributed by atoms with E-state index in [0.29, 0.717) is 22.7 Å². The summed E-state index contributed by atoms with van der Waals surface area (Å²) in [4.78, 5) is 26.9. The molecule has 0 fully saturated rings. The first-order valence-electron chi connectivity index (χ1n) is 9.94. The van der Waals surface area contributed by atoms with Crippen LogP contribution in [0.5, 0.6) is 11.5 Å². The van der Waals surface area contributed by atoms with Gasteiger partial charge in [0.25, 0.3) is 0 Å². The van der Waals surface area contributed by atoms with Gasteiger partial charge in [0.1, 0.15) is 22.4 Å². The number of carbonyl (C=O) groups excluding carboxylic acids is 2. The largest absolute Gasteiger partial charge is 0.497 e. The quantitative estimate of drug-likeness (QED) is 0.532. The van der Waals surface area contributed by atoms with Crippen LogP contribution in [0.3, 0.4) is 0 Å². The number of esters is 1. The Kier molecular flexibility index (Phi) is 6.57. The van der Waals surface area contributed by atoms with Crippen LogP contribution in [0, 0.1) is 0 Å². The molecule has 170 valence electrons. The number of hydrogen-bond donors (Lipinski definition) is 0. The highest BCUT2D eigenvalue weighted by Gasteiger charge is 2.29. The third-order valence-corrected chi connectivity index (χ3v) is 4.63. The third kappa shape index (κ3) is 4.77. The predicted octanol–water partition coefficient (Wildman–Crippen LogP) is 4.08. The van der Waals surface area contributed by atoms with Gasteiger partial charge in [0.15, 0.2) is 5.75 Å². The summed E-state index contributed by atoms with van der Waals surface area (Å²) in [6.07, 6.45) is 2.48. The maximum absolute atomic E-state index is 13.2. The van der Waals surface area contributed by atoms with E-state index in [-0.39, 0.29) is 12.1 Å². The molecule has 9 heteroatoms. The van der Waals surface area contributed by atoms with Crippen LogP contribution in [-0.4, -0.2) is 48.6 Å². The van der Waals surface area contributed by atoms with Gasteiger partial charge in [0, 0.05) is 6.20 Å². The molecule has 0 aliphatic heterocycles. The predicted molar refractivity (Wildman–Crippen MR) is 118 cm³/mol. The van der Waals surface area contributed by atoms with E-state index in [0.717, 1.165) is 5.56 Å². The average molecular weight is 441 g/mol. The van der Waals surface area contributed by atoms with Crippen molar-refractivity contribution in [2.24, 2.45) is 0 Å². The van der Waals surface area contributed by atoms with Crippen LogP contribution in [0.1, 0.15) is 36.7 Å². The number of nitrogens with zero attached hydrogens (tertiary/aromatic N) is 3. The number of rotatable bonds is 6. The Morgan fingerprint density at radius 3 is 2.28 bits per heavy atom. The Hall–Kier alpha value is -3.75. The van der Waals surface area contributed by atoms with E-state index in [2.05, 4.69) is 5.10 Å². The molecule has 1 amide bonds. The summed E-state index contributed by atoms with van der Waals surface area (Å²) >= 11 is 0. The molecule has 0 atom stereocenters. The van der Waals surface area contributed by atoms with Crippen molar-refractivity contribution in [3.05, 3.63) is 53.9 Å². The second kappa shape index (κ2) is 9.17. The fourth-order valence-electron chi connectivity index (χ4n) is 3.19. The molecule has 0 radical (unpaired) electrons. The Morgan fingerprint density at radius 1 is 1.03 bits per heavy atom. The summed E-state index contributed by atoms with van der Waals surface area (Å²) in [6, 6.07) is 9.04. The molecule has 32 heavy (non-hydrogen) atoms. The minimum atomic E-state index is -0.708. The van der Waals surface area contributed by atoms with Crippen molar-refractivity contribution in [2.45, 2.75) is 32.9 Å². The molecule has 0 spiro atoms. The van der Waals surface area contributed by atoms with Crippen LogP contribution in [0.25, 0.3) is 5.52 Å². The van der Waals surface area contributed by atoms with E-state index in [1.807, 2.05) is 24.3 Å². The number of amides is 1. The molecule has 0 bridgehead atoms. The number of pyridine rings is 1. The molecule has 0 aliphatic rings. The monoisotopic (exact) mass is 441 g/mol. The van der Waals surface area contributed by atoms with E-state index in [1.165, 1.54) is 29.8 Å². The highest BCUT2D eigenvalue weighted by Crippen LogP contribution is 2.36. The average Bonchev–Trinajstić information content (AvgIpc) is 3.19. The minimum Gasteiger partial charge on any atom is -0.497 e. The molecule has 3 rings (SSSR count). The molecular formula is C23H27N3O6. The fourth-order valence-corrected chi connectivity index (χ4v) is 3.19. The Bertz CT molecular complexity index is 1120. The molecule has 0 aliphatic carbocycles. The van der Waals surface area contributed by atoms with Gasteiger partial charge in [-0.1, -0.05) is 12.1 Å². The molecule has 0 saturated heterocycles. The summed E-state index contributed by atoms with van der Waals surface area (Å²) < 4.78 is 22.9. The van der Waals surface area contributed by atoms with E-state index < -0.39 is 17.7 Å². The van der Waals surface area contributed by atoms with E-state index in [9.17, 15) is 9.59 Å². The van der Waals surface area contributed by atoms with Crippen molar-refractivity contribution >= 4 is 23.3 Å².